The summed E-state index contributed by atoms with van der Waals surface area (Å²) in [5.74, 6) is 0.239. The Kier molecular flexibility index (Phi) is 8.47. The molecule has 1 atom stereocenters. The molecule has 0 heterocycles. The van der Waals surface area contributed by atoms with Crippen LogP contribution in [0.5, 0.6) is 5.75 Å². The number of amides is 2. The topological polar surface area (TPSA) is 58.6 Å². The molecule has 0 fully saturated rings. The van der Waals surface area contributed by atoms with Gasteiger partial charge in [0.2, 0.25) is 5.91 Å². The van der Waals surface area contributed by atoms with E-state index >= 15 is 0 Å². The lowest BCUT2D eigenvalue weighted by Gasteiger charge is -2.33. The fourth-order valence-electron chi connectivity index (χ4n) is 3.73. The maximum atomic E-state index is 13.6. The minimum absolute atomic E-state index is 0.147. The Morgan fingerprint density at radius 1 is 0.853 bits per heavy atom. The predicted molar refractivity (Wildman–Crippen MR) is 135 cm³/mol. The highest BCUT2D eigenvalue weighted by Crippen LogP contribution is 2.19. The number of hydrogen-bond donors (Lipinski definition) is 1. The Morgan fingerprint density at radius 3 is 2.00 bits per heavy atom. The molecule has 3 aromatic rings. The lowest BCUT2D eigenvalue weighted by atomic mass is 10.0. The monoisotopic (exact) mass is 458 g/mol. The van der Waals surface area contributed by atoms with Crippen LogP contribution in [0.25, 0.3) is 0 Å². The van der Waals surface area contributed by atoms with Crippen molar-refractivity contribution in [1.29, 1.82) is 0 Å². The van der Waals surface area contributed by atoms with Gasteiger partial charge >= 0.3 is 0 Å². The summed E-state index contributed by atoms with van der Waals surface area (Å²) >= 11 is 0. The van der Waals surface area contributed by atoms with Gasteiger partial charge in [-0.2, -0.15) is 0 Å². The predicted octanol–water partition coefficient (Wildman–Crippen LogP) is 4.93. The Hall–Kier alpha value is -3.60. The fraction of sp³-hybridized carbons (Fsp3) is 0.310. The first-order valence-corrected chi connectivity index (χ1v) is 11.6. The van der Waals surface area contributed by atoms with Crippen molar-refractivity contribution in [2.24, 2.45) is 0 Å². The van der Waals surface area contributed by atoms with Gasteiger partial charge in [0.05, 0.1) is 0 Å². The summed E-state index contributed by atoms with van der Waals surface area (Å²) in [6.45, 7) is 7.92. The number of nitrogens with zero attached hydrogens (tertiary/aromatic N) is 1. The van der Waals surface area contributed by atoms with E-state index < -0.39 is 11.6 Å². The molecular formula is C29H34N2O3. The molecule has 3 rings (SSSR count). The number of benzene rings is 3. The maximum absolute atomic E-state index is 13.6. The van der Waals surface area contributed by atoms with Crippen LogP contribution in [-0.2, 0) is 22.6 Å². The lowest BCUT2D eigenvalue weighted by molar-refractivity contribution is -0.143. The second kappa shape index (κ2) is 11.5. The first-order valence-electron chi connectivity index (χ1n) is 11.6. The van der Waals surface area contributed by atoms with Gasteiger partial charge in [0.1, 0.15) is 11.8 Å². The molecule has 3 aromatic carbocycles. The van der Waals surface area contributed by atoms with E-state index in [0.29, 0.717) is 18.7 Å². The van der Waals surface area contributed by atoms with Crippen molar-refractivity contribution < 1.29 is 14.3 Å². The van der Waals surface area contributed by atoms with Crippen LogP contribution in [-0.4, -0.2) is 34.9 Å². The average molecular weight is 459 g/mol. The molecular weight excluding hydrogens is 424 g/mol. The van der Waals surface area contributed by atoms with E-state index in [2.05, 4.69) is 5.32 Å². The van der Waals surface area contributed by atoms with E-state index in [9.17, 15) is 9.59 Å². The standard InChI is InChI=1S/C29H34N2O3/c1-22-13-11-12-18-26(22)34-21-27(32)31(20-24-16-9-6-10-17-24)25(28(33)30-29(2,3)4)19-23-14-7-5-8-15-23/h5-18,25H,19-21H2,1-4H3,(H,30,33)/t25-/m0/s1. The van der Waals surface area contributed by atoms with Crippen LogP contribution >= 0.6 is 0 Å². The molecule has 178 valence electrons. The first-order chi connectivity index (χ1) is 16.2. The van der Waals surface area contributed by atoms with Crippen LogP contribution in [0, 0.1) is 6.92 Å². The minimum atomic E-state index is -0.685. The van der Waals surface area contributed by atoms with Crippen LogP contribution in [0.2, 0.25) is 0 Å². The van der Waals surface area contributed by atoms with E-state index in [1.807, 2.05) is 113 Å². The molecule has 0 aliphatic rings. The number of aryl methyl sites for hydroxylation is 1. The molecule has 0 aliphatic carbocycles. The fourth-order valence-corrected chi connectivity index (χ4v) is 3.73. The lowest BCUT2D eigenvalue weighted by Crippen LogP contribution is -2.55. The van der Waals surface area contributed by atoms with Gasteiger partial charge in [-0.25, -0.2) is 0 Å². The molecule has 0 spiro atoms. The van der Waals surface area contributed by atoms with Crippen LogP contribution in [0.1, 0.15) is 37.5 Å². The van der Waals surface area contributed by atoms with E-state index in [4.69, 9.17) is 4.74 Å². The van der Waals surface area contributed by atoms with E-state index in [-0.39, 0.29) is 18.4 Å². The van der Waals surface area contributed by atoms with Crippen molar-refractivity contribution in [3.8, 4) is 5.75 Å². The zero-order valence-corrected chi connectivity index (χ0v) is 20.5. The highest BCUT2D eigenvalue weighted by molar-refractivity contribution is 5.89. The highest BCUT2D eigenvalue weighted by atomic mass is 16.5. The zero-order chi connectivity index (χ0) is 24.6. The third-order valence-corrected chi connectivity index (χ3v) is 5.41. The number of carbonyl (C=O) groups excluding carboxylic acids is 2. The number of carbonyl (C=O) groups is 2. The molecule has 0 aromatic heterocycles. The smallest absolute Gasteiger partial charge is 0.261 e. The largest absolute Gasteiger partial charge is 0.484 e. The molecule has 0 aliphatic heterocycles. The quantitative estimate of drug-likeness (QED) is 0.495. The summed E-state index contributed by atoms with van der Waals surface area (Å²) in [6, 6.07) is 26.4. The Morgan fingerprint density at radius 2 is 1.41 bits per heavy atom. The zero-order valence-electron chi connectivity index (χ0n) is 20.5. The number of para-hydroxylation sites is 1. The molecule has 0 saturated carbocycles. The van der Waals surface area contributed by atoms with Crippen LogP contribution in [0.4, 0.5) is 0 Å². The molecule has 5 nitrogen and oxygen atoms in total. The van der Waals surface area contributed by atoms with Gasteiger partial charge in [0.15, 0.2) is 6.61 Å². The van der Waals surface area contributed by atoms with Crippen molar-refractivity contribution in [3.63, 3.8) is 0 Å². The summed E-state index contributed by atoms with van der Waals surface area (Å²) < 4.78 is 5.88. The third-order valence-electron chi connectivity index (χ3n) is 5.41. The second-order valence-corrected chi connectivity index (χ2v) is 9.51. The van der Waals surface area contributed by atoms with Crippen LogP contribution in [0.15, 0.2) is 84.9 Å². The van der Waals surface area contributed by atoms with Gasteiger partial charge < -0.3 is 15.0 Å². The summed E-state index contributed by atoms with van der Waals surface area (Å²) in [6.07, 6.45) is 0.408. The Bertz CT molecular complexity index is 1080. The Labute approximate surface area is 202 Å². The first kappa shape index (κ1) is 25.0. The van der Waals surface area contributed by atoms with Gasteiger partial charge in [-0.05, 0) is 50.5 Å². The summed E-state index contributed by atoms with van der Waals surface area (Å²) in [7, 11) is 0. The van der Waals surface area contributed by atoms with Crippen molar-refractivity contribution in [2.45, 2.75) is 52.2 Å². The summed E-state index contributed by atoms with van der Waals surface area (Å²) in [4.78, 5) is 28.7. The Balaban J connectivity index is 1.91. The van der Waals surface area contributed by atoms with E-state index in [1.54, 1.807) is 4.90 Å². The number of rotatable bonds is 9. The van der Waals surface area contributed by atoms with Gasteiger partial charge in [-0.3, -0.25) is 9.59 Å². The molecule has 0 unspecified atom stereocenters. The molecule has 0 saturated heterocycles. The molecule has 5 heteroatoms. The van der Waals surface area contributed by atoms with Gasteiger partial charge in [-0.15, -0.1) is 0 Å². The van der Waals surface area contributed by atoms with Gasteiger partial charge in [0.25, 0.3) is 5.91 Å². The van der Waals surface area contributed by atoms with E-state index in [1.165, 1.54) is 0 Å². The van der Waals surface area contributed by atoms with Crippen LogP contribution in [0.3, 0.4) is 0 Å². The molecule has 0 bridgehead atoms. The highest BCUT2D eigenvalue weighted by Gasteiger charge is 2.32. The minimum Gasteiger partial charge on any atom is -0.484 e. The summed E-state index contributed by atoms with van der Waals surface area (Å²) in [5.41, 5.74) is 2.47. The SMILES string of the molecule is Cc1ccccc1OCC(=O)N(Cc1ccccc1)[C@@H](Cc1ccccc1)C(=O)NC(C)(C)C. The normalized spacial score (nSPS) is 12.0. The molecule has 34 heavy (non-hydrogen) atoms. The molecule has 2 amide bonds. The van der Waals surface area contributed by atoms with Crippen molar-refractivity contribution in [3.05, 3.63) is 102 Å². The van der Waals surface area contributed by atoms with Crippen molar-refractivity contribution >= 4 is 11.8 Å². The molecule has 1 N–H and O–H groups in total. The van der Waals surface area contributed by atoms with Gasteiger partial charge in [-0.1, -0.05) is 78.9 Å². The summed E-state index contributed by atoms with van der Waals surface area (Å²) in [5, 5.41) is 3.07. The number of nitrogens with one attached hydrogen (secondary N) is 1. The van der Waals surface area contributed by atoms with Crippen molar-refractivity contribution in [2.75, 3.05) is 6.61 Å². The second-order valence-electron chi connectivity index (χ2n) is 9.51. The van der Waals surface area contributed by atoms with Crippen LogP contribution < -0.4 is 10.1 Å². The number of hydrogen-bond acceptors (Lipinski definition) is 3. The number of ether oxygens (including phenoxy) is 1. The molecule has 0 radical (unpaired) electrons. The van der Waals surface area contributed by atoms with Crippen molar-refractivity contribution in [1.82, 2.24) is 10.2 Å². The van der Waals surface area contributed by atoms with Gasteiger partial charge in [0, 0.05) is 18.5 Å². The average Bonchev–Trinajstić information content (AvgIpc) is 2.81. The maximum Gasteiger partial charge on any atom is 0.261 e. The third kappa shape index (κ3) is 7.48. The van der Waals surface area contributed by atoms with E-state index in [0.717, 1.165) is 16.7 Å².